The van der Waals surface area contributed by atoms with Crippen molar-refractivity contribution in [1.82, 2.24) is 4.98 Å². The molecule has 0 amide bonds. The second-order valence-corrected chi connectivity index (χ2v) is 6.42. The summed E-state index contributed by atoms with van der Waals surface area (Å²) in [6, 6.07) is 8.03. The minimum absolute atomic E-state index is 0.123. The van der Waals surface area contributed by atoms with Crippen LogP contribution in [-0.2, 0) is 0 Å². The smallest absolute Gasteiger partial charge is 0.165 e. The number of benzene rings is 2. The van der Waals surface area contributed by atoms with Crippen LogP contribution in [0.4, 0.5) is 10.1 Å². The third-order valence-electron chi connectivity index (χ3n) is 2.74. The summed E-state index contributed by atoms with van der Waals surface area (Å²) in [6.45, 7) is 1.93. The molecule has 0 atom stereocenters. The molecule has 0 aliphatic carbocycles. The molecule has 1 heterocycles. The number of ether oxygens (including phenoxy) is 1. The lowest BCUT2D eigenvalue weighted by atomic mass is 10.2. The molecule has 3 rings (SSSR count). The van der Waals surface area contributed by atoms with Gasteiger partial charge in [-0.25, -0.2) is 9.37 Å². The van der Waals surface area contributed by atoms with Crippen molar-refractivity contribution in [2.24, 2.45) is 0 Å². The number of aromatic nitrogens is 1. The maximum Gasteiger partial charge on any atom is 0.165 e. The molecular formula is C14H10BrFN2OS. The van der Waals surface area contributed by atoms with Gasteiger partial charge in [0.25, 0.3) is 0 Å². The van der Waals surface area contributed by atoms with Crippen molar-refractivity contribution in [1.29, 1.82) is 0 Å². The van der Waals surface area contributed by atoms with Crippen molar-refractivity contribution in [3.8, 4) is 11.5 Å². The average Bonchev–Trinajstić information content (AvgIpc) is 2.73. The summed E-state index contributed by atoms with van der Waals surface area (Å²) in [5.74, 6) is 0.0827. The van der Waals surface area contributed by atoms with Crippen molar-refractivity contribution < 1.29 is 9.13 Å². The lowest BCUT2D eigenvalue weighted by Crippen LogP contribution is -1.94. The summed E-state index contributed by atoms with van der Waals surface area (Å²) in [4.78, 5) is 4.38. The molecule has 2 aromatic carbocycles. The molecule has 0 aliphatic heterocycles. The first-order valence-corrected chi connectivity index (χ1v) is 7.43. The van der Waals surface area contributed by atoms with Gasteiger partial charge in [-0.2, -0.15) is 0 Å². The Morgan fingerprint density at radius 3 is 2.85 bits per heavy atom. The van der Waals surface area contributed by atoms with Crippen LogP contribution in [0.5, 0.6) is 11.5 Å². The lowest BCUT2D eigenvalue weighted by Gasteiger charge is -2.09. The molecule has 0 fully saturated rings. The number of hydrogen-bond acceptors (Lipinski definition) is 4. The molecule has 3 aromatic rings. The molecule has 102 valence electrons. The van der Waals surface area contributed by atoms with E-state index >= 15 is 0 Å². The summed E-state index contributed by atoms with van der Waals surface area (Å²) in [5.41, 5.74) is 7.21. The molecule has 0 saturated heterocycles. The molecule has 0 saturated carbocycles. The van der Waals surface area contributed by atoms with Gasteiger partial charge < -0.3 is 10.5 Å². The van der Waals surface area contributed by atoms with E-state index in [0.717, 1.165) is 19.7 Å². The Bertz CT molecular complexity index is 803. The summed E-state index contributed by atoms with van der Waals surface area (Å²) in [5, 5.41) is 0.949. The zero-order valence-corrected chi connectivity index (χ0v) is 12.9. The highest BCUT2D eigenvalue weighted by Crippen LogP contribution is 2.35. The van der Waals surface area contributed by atoms with Gasteiger partial charge in [0.1, 0.15) is 0 Å². The largest absolute Gasteiger partial charge is 0.452 e. The minimum Gasteiger partial charge on any atom is -0.452 e. The van der Waals surface area contributed by atoms with E-state index in [2.05, 4.69) is 20.9 Å². The molecule has 6 heteroatoms. The van der Waals surface area contributed by atoms with E-state index in [9.17, 15) is 4.39 Å². The average molecular weight is 353 g/mol. The zero-order chi connectivity index (χ0) is 14.3. The molecule has 0 radical (unpaired) electrons. The molecular weight excluding hydrogens is 343 g/mol. The number of nitrogens with two attached hydrogens (primary N) is 1. The molecule has 0 bridgehead atoms. The number of anilines is 1. The fourth-order valence-electron chi connectivity index (χ4n) is 1.85. The first kappa shape index (κ1) is 13.3. The van der Waals surface area contributed by atoms with E-state index in [-0.39, 0.29) is 5.75 Å². The van der Waals surface area contributed by atoms with Crippen LogP contribution in [0.25, 0.3) is 10.2 Å². The third kappa shape index (κ3) is 2.48. The summed E-state index contributed by atoms with van der Waals surface area (Å²) < 4.78 is 21.0. The van der Waals surface area contributed by atoms with Crippen LogP contribution in [0.3, 0.4) is 0 Å². The van der Waals surface area contributed by atoms with Crippen LogP contribution < -0.4 is 10.5 Å². The third-order valence-corrected chi connectivity index (χ3v) is 4.17. The Balaban J connectivity index is 2.05. The molecule has 0 unspecified atom stereocenters. The highest BCUT2D eigenvalue weighted by atomic mass is 79.9. The Labute approximate surface area is 127 Å². The van der Waals surface area contributed by atoms with E-state index < -0.39 is 5.82 Å². The molecule has 1 aromatic heterocycles. The predicted octanol–water partition coefficient (Wildman–Crippen LogP) is 4.88. The van der Waals surface area contributed by atoms with Crippen molar-refractivity contribution in [2.45, 2.75) is 6.92 Å². The topological polar surface area (TPSA) is 48.1 Å². The minimum atomic E-state index is -0.442. The lowest BCUT2D eigenvalue weighted by molar-refractivity contribution is 0.444. The number of fused-ring (bicyclic) bond motifs is 1. The van der Waals surface area contributed by atoms with Crippen LogP contribution in [0, 0.1) is 12.7 Å². The van der Waals surface area contributed by atoms with Crippen molar-refractivity contribution in [2.75, 3.05) is 5.73 Å². The first-order valence-electron chi connectivity index (χ1n) is 5.82. The quantitative estimate of drug-likeness (QED) is 0.668. The number of thiazole rings is 1. The van der Waals surface area contributed by atoms with E-state index in [4.69, 9.17) is 10.5 Å². The van der Waals surface area contributed by atoms with E-state index in [1.807, 2.05) is 6.92 Å². The van der Waals surface area contributed by atoms with E-state index in [1.165, 1.54) is 6.07 Å². The Morgan fingerprint density at radius 1 is 1.25 bits per heavy atom. The summed E-state index contributed by atoms with van der Waals surface area (Å²) in [7, 11) is 0. The molecule has 3 nitrogen and oxygen atoms in total. The predicted molar refractivity (Wildman–Crippen MR) is 82.9 cm³/mol. The Hall–Kier alpha value is -1.66. The van der Waals surface area contributed by atoms with Gasteiger partial charge in [-0.15, -0.1) is 11.3 Å². The molecule has 0 aliphatic rings. The van der Waals surface area contributed by atoms with Gasteiger partial charge in [0, 0.05) is 10.5 Å². The summed E-state index contributed by atoms with van der Waals surface area (Å²) in [6.07, 6.45) is 0. The Kier molecular flexibility index (Phi) is 3.35. The zero-order valence-electron chi connectivity index (χ0n) is 10.5. The Morgan fingerprint density at radius 2 is 2.05 bits per heavy atom. The van der Waals surface area contributed by atoms with Crippen LogP contribution >= 0.6 is 27.3 Å². The standard InChI is InChI=1S/C14H10BrFN2OS/c1-7-18-11-6-13(10(17)5-14(11)20-7)19-12-4-8(15)2-3-9(12)16/h2-6H,17H2,1H3. The number of nitrogens with zero attached hydrogens (tertiary/aromatic N) is 1. The van der Waals surface area contributed by atoms with Gasteiger partial charge >= 0.3 is 0 Å². The van der Waals surface area contributed by atoms with Crippen molar-refractivity contribution in [3.63, 3.8) is 0 Å². The number of hydrogen-bond donors (Lipinski definition) is 1. The maximum absolute atomic E-state index is 13.7. The van der Waals surface area contributed by atoms with Crippen LogP contribution in [-0.4, -0.2) is 4.98 Å². The molecule has 20 heavy (non-hydrogen) atoms. The van der Waals surface area contributed by atoms with Gasteiger partial charge in [0.2, 0.25) is 0 Å². The van der Waals surface area contributed by atoms with E-state index in [1.54, 1.807) is 35.6 Å². The highest BCUT2D eigenvalue weighted by molar-refractivity contribution is 9.10. The maximum atomic E-state index is 13.7. The fraction of sp³-hybridized carbons (Fsp3) is 0.0714. The first-order chi connectivity index (χ1) is 9.52. The number of rotatable bonds is 2. The molecule has 0 spiro atoms. The second-order valence-electron chi connectivity index (χ2n) is 4.27. The van der Waals surface area contributed by atoms with Crippen molar-refractivity contribution in [3.05, 3.63) is 45.6 Å². The molecule has 2 N–H and O–H groups in total. The summed E-state index contributed by atoms with van der Waals surface area (Å²) >= 11 is 4.84. The monoisotopic (exact) mass is 352 g/mol. The van der Waals surface area contributed by atoms with Gasteiger partial charge in [0.05, 0.1) is 20.9 Å². The van der Waals surface area contributed by atoms with E-state index in [0.29, 0.717) is 11.4 Å². The SMILES string of the molecule is Cc1nc2cc(Oc3cc(Br)ccc3F)c(N)cc2s1. The highest BCUT2D eigenvalue weighted by Gasteiger charge is 2.11. The number of halogens is 2. The second kappa shape index (κ2) is 5.03. The van der Waals surface area contributed by atoms with Gasteiger partial charge in [0.15, 0.2) is 17.3 Å². The van der Waals surface area contributed by atoms with Gasteiger partial charge in [-0.1, -0.05) is 15.9 Å². The number of aryl methyl sites for hydroxylation is 1. The van der Waals surface area contributed by atoms with Crippen LogP contribution in [0.2, 0.25) is 0 Å². The van der Waals surface area contributed by atoms with Crippen LogP contribution in [0.15, 0.2) is 34.8 Å². The van der Waals surface area contributed by atoms with Gasteiger partial charge in [-0.3, -0.25) is 0 Å². The fourth-order valence-corrected chi connectivity index (χ4v) is 3.05. The normalized spacial score (nSPS) is 10.9. The van der Waals surface area contributed by atoms with Crippen molar-refractivity contribution >= 4 is 43.2 Å². The van der Waals surface area contributed by atoms with Gasteiger partial charge in [-0.05, 0) is 31.2 Å². The van der Waals surface area contributed by atoms with Crippen LogP contribution in [0.1, 0.15) is 5.01 Å². The number of nitrogen functional groups attached to an aromatic ring is 1.